The van der Waals surface area contributed by atoms with Crippen molar-refractivity contribution in [2.45, 2.75) is 343 Å². The van der Waals surface area contributed by atoms with Gasteiger partial charge in [-0.15, -0.1) is 0 Å². The zero-order valence-electron chi connectivity index (χ0n) is 54.8. The average Bonchev–Trinajstić information content (AvgIpc) is 3.45. The number of hydrogen-bond donors (Lipinski definition) is 1. The van der Waals surface area contributed by atoms with Crippen LogP contribution in [-0.2, 0) is 47.4 Å². The summed E-state index contributed by atoms with van der Waals surface area (Å²) in [6.45, 7) is 14.5. The Balaban J connectivity index is 0. The molecule has 0 amide bonds. The third kappa shape index (κ3) is 67.3. The number of nitrogens with zero attached hydrogens (tertiary/aromatic N) is 2. The van der Waals surface area contributed by atoms with Crippen molar-refractivity contribution in [2.75, 3.05) is 78.9 Å². The fourth-order valence-corrected chi connectivity index (χ4v) is 11.1. The molecule has 0 aromatic carbocycles. The van der Waals surface area contributed by atoms with Crippen molar-refractivity contribution in [3.63, 3.8) is 0 Å². The third-order valence-electron chi connectivity index (χ3n) is 15.6. The van der Waals surface area contributed by atoms with Gasteiger partial charge in [0.1, 0.15) is 19.8 Å². The highest BCUT2D eigenvalue weighted by atomic mass is 32.3. The van der Waals surface area contributed by atoms with Gasteiger partial charge in [0.2, 0.25) is 0 Å². The van der Waals surface area contributed by atoms with Gasteiger partial charge in [-0.1, -0.05) is 290 Å². The van der Waals surface area contributed by atoms with Crippen LogP contribution in [-0.4, -0.2) is 120 Å². The van der Waals surface area contributed by atoms with E-state index >= 15 is 0 Å². The van der Waals surface area contributed by atoms with Gasteiger partial charge in [-0.2, -0.15) is 8.42 Å². The maximum Gasteiger partial charge on any atom is 0.399 e. The summed E-state index contributed by atoms with van der Waals surface area (Å²) in [6.07, 6.45) is 59.7. The molecule has 82 heavy (non-hydrogen) atoms. The zero-order chi connectivity index (χ0) is 60.3. The summed E-state index contributed by atoms with van der Waals surface area (Å²) in [5, 5.41) is 9.85. The van der Waals surface area contributed by atoms with Gasteiger partial charge in [0.25, 0.3) is 0 Å². The van der Waals surface area contributed by atoms with Gasteiger partial charge in [-0.05, 0) is 33.1 Å². The number of rotatable bonds is 66. The van der Waals surface area contributed by atoms with Gasteiger partial charge in [0.15, 0.2) is 0 Å². The Hall–Kier alpha value is -1.84. The van der Waals surface area contributed by atoms with Crippen molar-refractivity contribution < 1.29 is 50.5 Å². The van der Waals surface area contributed by atoms with Crippen LogP contribution in [0.2, 0.25) is 0 Å². The van der Waals surface area contributed by atoms with Crippen molar-refractivity contribution in [1.29, 1.82) is 0 Å². The fourth-order valence-electron chi connectivity index (χ4n) is 10.4. The predicted octanol–water partition coefficient (Wildman–Crippen LogP) is 18.3. The molecular formula is C68H136N2O11S. The number of carbonyl (C=O) groups excluding carboxylic acids is 3. The van der Waals surface area contributed by atoms with E-state index in [-0.39, 0.29) is 37.7 Å². The standard InChI is InChI=1S/C64H126N2O7.C4H10O4S/c1-4-7-10-13-16-19-22-25-28-31-34-37-40-43-46-49-62(68)71-59-55-65(54-58-67)52-53-66(56-60-72-63(69)50-47-44-41-38-35-32-29-26-23-20-17-14-11-8-5-2)57-61-73-64(70)51-48-45-42-39-36-33-30-27-24-21-18-15-12-9-6-3;1-3-7-9(5,6)8-4-2/h67H,4-61H2,1-3H3;3-4H2,1-2H3. The predicted molar refractivity (Wildman–Crippen MR) is 344 cm³/mol. The molecule has 13 nitrogen and oxygen atoms in total. The van der Waals surface area contributed by atoms with E-state index in [0.717, 1.165) is 38.5 Å². The summed E-state index contributed by atoms with van der Waals surface area (Å²) in [6, 6.07) is 0. The molecule has 0 rings (SSSR count). The van der Waals surface area contributed by atoms with Gasteiger partial charge < -0.3 is 19.3 Å². The van der Waals surface area contributed by atoms with E-state index in [1.807, 2.05) is 0 Å². The Morgan fingerprint density at radius 2 is 0.488 bits per heavy atom. The average molecular weight is 1190 g/mol. The van der Waals surface area contributed by atoms with Crippen molar-refractivity contribution in [3.05, 3.63) is 0 Å². The van der Waals surface area contributed by atoms with Crippen molar-refractivity contribution in [2.24, 2.45) is 0 Å². The van der Waals surface area contributed by atoms with E-state index in [4.69, 9.17) is 14.2 Å². The summed E-state index contributed by atoms with van der Waals surface area (Å²) in [4.78, 5) is 42.2. The molecule has 0 aliphatic heterocycles. The molecule has 14 heteroatoms. The molecule has 490 valence electrons. The Kier molecular flexibility index (Phi) is 68.5. The lowest BCUT2D eigenvalue weighted by Gasteiger charge is -2.27. The first-order chi connectivity index (χ1) is 40.1. The summed E-state index contributed by atoms with van der Waals surface area (Å²) in [5.74, 6) is -0.423. The highest BCUT2D eigenvalue weighted by Gasteiger charge is 2.14. The number of unbranched alkanes of at least 4 members (excludes halogenated alkanes) is 42. The zero-order valence-corrected chi connectivity index (χ0v) is 55.6. The van der Waals surface area contributed by atoms with Crippen LogP contribution in [0.15, 0.2) is 0 Å². The van der Waals surface area contributed by atoms with Crippen molar-refractivity contribution in [3.8, 4) is 0 Å². The van der Waals surface area contributed by atoms with Crippen LogP contribution in [0.4, 0.5) is 0 Å². The fraction of sp³-hybridized carbons (Fsp3) is 0.956. The largest absolute Gasteiger partial charge is 0.464 e. The minimum absolute atomic E-state index is 0.0148. The number of ether oxygens (including phenoxy) is 3. The third-order valence-corrected chi connectivity index (χ3v) is 16.7. The van der Waals surface area contributed by atoms with Crippen LogP contribution in [0, 0.1) is 0 Å². The quantitative estimate of drug-likeness (QED) is 0.0349. The van der Waals surface area contributed by atoms with E-state index in [1.165, 1.54) is 250 Å². The van der Waals surface area contributed by atoms with Gasteiger partial charge in [0.05, 0.1) is 19.8 Å². The second-order valence-electron chi connectivity index (χ2n) is 23.4. The second-order valence-corrected chi connectivity index (χ2v) is 24.7. The lowest BCUT2D eigenvalue weighted by atomic mass is 10.0. The number of aliphatic hydroxyl groups is 1. The van der Waals surface area contributed by atoms with Crippen LogP contribution in [0.3, 0.4) is 0 Å². The monoisotopic (exact) mass is 1190 g/mol. The molecule has 0 fully saturated rings. The topological polar surface area (TPSA) is 158 Å². The molecule has 0 radical (unpaired) electrons. The van der Waals surface area contributed by atoms with E-state index in [2.05, 4.69) is 38.9 Å². The van der Waals surface area contributed by atoms with Crippen LogP contribution < -0.4 is 0 Å². The molecule has 1 N–H and O–H groups in total. The maximum atomic E-state index is 12.7. The summed E-state index contributed by atoms with van der Waals surface area (Å²) >= 11 is 0. The highest BCUT2D eigenvalue weighted by molar-refractivity contribution is 7.81. The van der Waals surface area contributed by atoms with Gasteiger partial charge in [-0.3, -0.25) is 24.2 Å². The van der Waals surface area contributed by atoms with E-state index in [1.54, 1.807) is 13.8 Å². The molecule has 0 spiro atoms. The van der Waals surface area contributed by atoms with Crippen LogP contribution in [0.25, 0.3) is 0 Å². The lowest BCUT2D eigenvalue weighted by Crippen LogP contribution is -2.41. The molecule has 0 aliphatic rings. The first kappa shape index (κ1) is 82.2. The molecule has 0 aromatic rings. The van der Waals surface area contributed by atoms with Gasteiger partial charge >= 0.3 is 28.3 Å². The van der Waals surface area contributed by atoms with Crippen LogP contribution in [0.5, 0.6) is 0 Å². The van der Waals surface area contributed by atoms with E-state index in [0.29, 0.717) is 78.4 Å². The van der Waals surface area contributed by atoms with Gasteiger partial charge in [-0.25, -0.2) is 8.37 Å². The van der Waals surface area contributed by atoms with E-state index in [9.17, 15) is 27.9 Å². The number of esters is 3. The Morgan fingerprint density at radius 1 is 0.293 bits per heavy atom. The second kappa shape index (κ2) is 68.3. The molecule has 0 saturated heterocycles. The van der Waals surface area contributed by atoms with Crippen molar-refractivity contribution >= 4 is 28.3 Å². The van der Waals surface area contributed by atoms with Gasteiger partial charge in [0, 0.05) is 58.5 Å². The lowest BCUT2D eigenvalue weighted by molar-refractivity contribution is -0.146. The smallest absolute Gasteiger partial charge is 0.399 e. The minimum Gasteiger partial charge on any atom is -0.464 e. The van der Waals surface area contributed by atoms with E-state index < -0.39 is 10.4 Å². The molecule has 0 heterocycles. The summed E-state index contributed by atoms with van der Waals surface area (Å²) < 4.78 is 46.2. The minimum atomic E-state index is -3.68. The first-order valence-corrected chi connectivity index (χ1v) is 36.5. The molecule has 0 aliphatic carbocycles. The number of hydrogen-bond acceptors (Lipinski definition) is 13. The normalized spacial score (nSPS) is 11.6. The molecule has 0 atom stereocenters. The number of carbonyl (C=O) groups is 3. The Labute approximate surface area is 508 Å². The molecule has 0 bridgehead atoms. The van der Waals surface area contributed by atoms with Crippen LogP contribution >= 0.6 is 0 Å². The maximum absolute atomic E-state index is 12.7. The Morgan fingerprint density at radius 3 is 0.683 bits per heavy atom. The number of aliphatic hydroxyl groups excluding tert-OH is 1. The summed E-state index contributed by atoms with van der Waals surface area (Å²) in [5.41, 5.74) is 0. The molecular weight excluding hydrogens is 1050 g/mol. The highest BCUT2D eigenvalue weighted by Crippen LogP contribution is 2.17. The molecule has 0 saturated carbocycles. The van der Waals surface area contributed by atoms with Crippen LogP contribution in [0.1, 0.15) is 343 Å². The Bertz CT molecular complexity index is 1360. The SMILES string of the molecule is CCCCCCCCCCCCCCCCCC(=O)OCCN(CCO)CCN(CCOC(=O)CCCCCCCCCCCCCCCCC)CCOC(=O)CCCCCCCCCCCCCCCCC.CCOS(=O)(=O)OCC. The molecule has 0 unspecified atom stereocenters. The first-order valence-electron chi connectivity index (χ1n) is 35.1. The summed E-state index contributed by atoms with van der Waals surface area (Å²) in [7, 11) is -3.68. The van der Waals surface area contributed by atoms with Crippen molar-refractivity contribution in [1.82, 2.24) is 9.80 Å². The molecule has 0 aromatic heterocycles.